The molecule has 0 aliphatic rings. The molecule has 0 atom stereocenters. The van der Waals surface area contributed by atoms with Crippen LogP contribution in [0.4, 0.5) is 0 Å². The Morgan fingerprint density at radius 3 is 2.89 bits per heavy atom. The lowest BCUT2D eigenvalue weighted by molar-refractivity contribution is 0.560. The van der Waals surface area contributed by atoms with Gasteiger partial charge in [-0.05, 0) is 15.9 Å². The number of thiazole rings is 1. The van der Waals surface area contributed by atoms with E-state index in [4.69, 9.17) is 0 Å². The summed E-state index contributed by atoms with van der Waals surface area (Å²) in [7, 11) is -2.09. The first-order valence-corrected chi connectivity index (χ1v) is 8.14. The highest BCUT2D eigenvalue weighted by molar-refractivity contribution is 9.10. The molecular weight excluding hydrogens is 342 g/mol. The lowest BCUT2D eigenvalue weighted by Crippen LogP contribution is -2.28. The number of aryl methyl sites for hydroxylation is 1. The molecule has 2 rings (SSSR count). The maximum absolute atomic E-state index is 12.0. The molecule has 0 amide bonds. The third kappa shape index (κ3) is 2.94. The molecule has 7 nitrogen and oxygen atoms in total. The van der Waals surface area contributed by atoms with Crippen LogP contribution < -0.4 is 4.72 Å². The fraction of sp³-hybridized carbons (Fsp3) is 0.375. The molecule has 0 aromatic carbocycles. The molecule has 0 spiro atoms. The van der Waals surface area contributed by atoms with Crippen molar-refractivity contribution in [1.82, 2.24) is 24.7 Å². The van der Waals surface area contributed by atoms with Crippen molar-refractivity contribution in [2.75, 3.05) is 6.54 Å². The van der Waals surface area contributed by atoms with Crippen molar-refractivity contribution >= 4 is 37.3 Å². The minimum Gasteiger partial charge on any atom is -0.250 e. The molecule has 1 N–H and O–H groups in total. The van der Waals surface area contributed by atoms with Gasteiger partial charge in [0, 0.05) is 25.4 Å². The average Bonchev–Trinajstić information content (AvgIpc) is 2.89. The van der Waals surface area contributed by atoms with Gasteiger partial charge in [0.1, 0.15) is 0 Å². The van der Waals surface area contributed by atoms with Gasteiger partial charge >= 0.3 is 0 Å². The lowest BCUT2D eigenvalue weighted by Gasteiger charge is -2.05. The third-order valence-corrected chi connectivity index (χ3v) is 5.13. The molecule has 0 saturated carbocycles. The largest absolute Gasteiger partial charge is 0.260 e. The van der Waals surface area contributed by atoms with Crippen LogP contribution in [0.25, 0.3) is 0 Å². The van der Waals surface area contributed by atoms with E-state index in [-0.39, 0.29) is 16.2 Å². The summed E-state index contributed by atoms with van der Waals surface area (Å²) in [5.74, 6) is 0. The van der Waals surface area contributed by atoms with Crippen LogP contribution in [-0.4, -0.2) is 34.9 Å². The minimum atomic E-state index is -3.61. The predicted molar refractivity (Wildman–Crippen MR) is 69.7 cm³/mol. The van der Waals surface area contributed by atoms with Crippen molar-refractivity contribution in [2.24, 2.45) is 7.05 Å². The zero-order chi connectivity index (χ0) is 13.2. The molecular formula is C8H10BrN5O2S2. The lowest BCUT2D eigenvalue weighted by atomic mass is 10.3. The number of aromatic nitrogens is 4. The van der Waals surface area contributed by atoms with E-state index in [2.05, 4.69) is 35.9 Å². The SMILES string of the molecule is Cn1nnc(Br)c1S(=O)(=O)NCCc1cscn1. The molecule has 2 aromatic rings. The molecule has 0 unspecified atom stereocenters. The van der Waals surface area contributed by atoms with Crippen LogP contribution >= 0.6 is 27.3 Å². The van der Waals surface area contributed by atoms with Gasteiger partial charge in [0.15, 0.2) is 4.60 Å². The summed E-state index contributed by atoms with van der Waals surface area (Å²) < 4.78 is 27.9. The third-order valence-electron chi connectivity index (χ3n) is 2.15. The van der Waals surface area contributed by atoms with Gasteiger partial charge in [0.2, 0.25) is 5.03 Å². The van der Waals surface area contributed by atoms with Gasteiger partial charge in [0.05, 0.1) is 11.2 Å². The van der Waals surface area contributed by atoms with Crippen molar-refractivity contribution in [2.45, 2.75) is 11.4 Å². The second kappa shape index (κ2) is 5.43. The zero-order valence-corrected chi connectivity index (χ0v) is 12.6. The van der Waals surface area contributed by atoms with E-state index in [0.29, 0.717) is 6.42 Å². The van der Waals surface area contributed by atoms with Crippen LogP contribution in [0.3, 0.4) is 0 Å². The van der Waals surface area contributed by atoms with Gasteiger partial charge in [-0.3, -0.25) is 0 Å². The number of hydrogen-bond acceptors (Lipinski definition) is 6. The molecule has 0 aliphatic carbocycles. The van der Waals surface area contributed by atoms with Gasteiger partial charge in [-0.25, -0.2) is 22.8 Å². The molecule has 98 valence electrons. The van der Waals surface area contributed by atoms with Crippen molar-refractivity contribution < 1.29 is 8.42 Å². The Morgan fingerprint density at radius 1 is 1.56 bits per heavy atom. The van der Waals surface area contributed by atoms with Gasteiger partial charge in [-0.2, -0.15) is 0 Å². The molecule has 18 heavy (non-hydrogen) atoms. The topological polar surface area (TPSA) is 89.8 Å². The van der Waals surface area contributed by atoms with Crippen molar-refractivity contribution in [3.8, 4) is 0 Å². The molecule has 0 bridgehead atoms. The van der Waals surface area contributed by atoms with E-state index in [9.17, 15) is 8.42 Å². The Bertz CT molecular complexity index is 602. The first-order chi connectivity index (χ1) is 8.50. The van der Waals surface area contributed by atoms with E-state index in [1.54, 1.807) is 5.51 Å². The number of nitrogens with zero attached hydrogens (tertiary/aromatic N) is 4. The van der Waals surface area contributed by atoms with Crippen molar-refractivity contribution in [3.63, 3.8) is 0 Å². The monoisotopic (exact) mass is 351 g/mol. The Balaban J connectivity index is 2.04. The summed E-state index contributed by atoms with van der Waals surface area (Å²) in [5, 5.41) is 9.17. The number of sulfonamides is 1. The van der Waals surface area contributed by atoms with Gasteiger partial charge in [0.25, 0.3) is 10.0 Å². The molecule has 10 heteroatoms. The molecule has 0 saturated heterocycles. The minimum absolute atomic E-state index is 0.0146. The maximum atomic E-state index is 12.0. The summed E-state index contributed by atoms with van der Waals surface area (Å²) in [6.45, 7) is 0.281. The summed E-state index contributed by atoms with van der Waals surface area (Å²) in [6, 6.07) is 0. The van der Waals surface area contributed by atoms with Crippen LogP contribution in [-0.2, 0) is 23.5 Å². The number of halogens is 1. The van der Waals surface area contributed by atoms with E-state index in [0.717, 1.165) is 5.69 Å². The Labute approximate surface area is 116 Å². The standard InChI is InChI=1S/C8H10BrN5O2S2/c1-14-8(7(9)12-13-14)18(15,16)11-3-2-6-4-17-5-10-6/h4-5,11H,2-3H2,1H3. The highest BCUT2D eigenvalue weighted by Crippen LogP contribution is 2.17. The Kier molecular flexibility index (Phi) is 4.10. The van der Waals surface area contributed by atoms with Crippen molar-refractivity contribution in [3.05, 3.63) is 21.2 Å². The predicted octanol–water partition coefficient (Wildman–Crippen LogP) is 0.555. The van der Waals surface area contributed by atoms with E-state index < -0.39 is 10.0 Å². The first kappa shape index (κ1) is 13.6. The van der Waals surface area contributed by atoms with Gasteiger partial charge < -0.3 is 0 Å². The Morgan fingerprint density at radius 2 is 2.33 bits per heavy atom. The number of nitrogens with one attached hydrogen (secondary N) is 1. The fourth-order valence-electron chi connectivity index (χ4n) is 1.35. The summed E-state index contributed by atoms with van der Waals surface area (Å²) in [6.07, 6.45) is 0.547. The molecule has 0 aliphatic heterocycles. The van der Waals surface area contributed by atoms with Crippen molar-refractivity contribution in [1.29, 1.82) is 0 Å². The van der Waals surface area contributed by atoms with E-state index in [1.165, 1.54) is 23.1 Å². The van der Waals surface area contributed by atoms with Crippen LogP contribution in [0.1, 0.15) is 5.69 Å². The summed E-state index contributed by atoms with van der Waals surface area (Å²) >= 11 is 4.54. The Hall–Kier alpha value is -0.840. The fourth-order valence-corrected chi connectivity index (χ4v) is 4.07. The zero-order valence-electron chi connectivity index (χ0n) is 9.37. The summed E-state index contributed by atoms with van der Waals surface area (Å²) in [5.41, 5.74) is 2.58. The normalized spacial score (nSPS) is 11.9. The van der Waals surface area contributed by atoms with Crippen LogP contribution in [0, 0.1) is 0 Å². The molecule has 0 radical (unpaired) electrons. The second-order valence-corrected chi connectivity index (χ2v) is 6.59. The first-order valence-electron chi connectivity index (χ1n) is 4.92. The van der Waals surface area contributed by atoms with Gasteiger partial charge in [-0.15, -0.1) is 16.4 Å². The van der Waals surface area contributed by atoms with Crippen LogP contribution in [0.5, 0.6) is 0 Å². The molecule has 2 heterocycles. The van der Waals surface area contributed by atoms with Crippen LogP contribution in [0.2, 0.25) is 0 Å². The summed E-state index contributed by atoms with van der Waals surface area (Å²) in [4.78, 5) is 4.08. The maximum Gasteiger partial charge on any atom is 0.260 e. The average molecular weight is 352 g/mol. The highest BCUT2D eigenvalue weighted by atomic mass is 79.9. The van der Waals surface area contributed by atoms with Crippen LogP contribution in [0.15, 0.2) is 20.5 Å². The highest BCUT2D eigenvalue weighted by Gasteiger charge is 2.23. The van der Waals surface area contributed by atoms with E-state index in [1.807, 2.05) is 5.38 Å². The molecule has 2 aromatic heterocycles. The van der Waals surface area contributed by atoms with E-state index >= 15 is 0 Å². The number of rotatable bonds is 5. The second-order valence-electron chi connectivity index (χ2n) is 3.44. The smallest absolute Gasteiger partial charge is 0.250 e. The quantitative estimate of drug-likeness (QED) is 0.849. The number of hydrogen-bond donors (Lipinski definition) is 1. The van der Waals surface area contributed by atoms with Gasteiger partial charge in [-0.1, -0.05) is 5.21 Å². The molecule has 0 fully saturated rings.